The Hall–Kier alpha value is -1.33. The number of nitrogens with zero attached hydrogens (tertiary/aromatic N) is 1. The maximum atomic E-state index is 8.48. The molecule has 0 unspecified atom stereocenters. The molecule has 0 radical (unpaired) electrons. The summed E-state index contributed by atoms with van der Waals surface area (Å²) < 4.78 is 0. The average Bonchev–Trinajstić information content (AvgIpc) is 2.11. The van der Waals surface area contributed by atoms with Crippen molar-refractivity contribution in [2.24, 2.45) is 0 Å². The minimum absolute atomic E-state index is 0.173. The Bertz CT molecular complexity index is 220. The fraction of sp³-hybridized carbons (Fsp3) is 0.300. The van der Waals surface area contributed by atoms with Gasteiger partial charge in [-0.25, -0.2) is 0 Å². The molecule has 0 aliphatic heterocycles. The van der Waals surface area contributed by atoms with E-state index < -0.39 is 0 Å². The average molecular weight is 163 g/mol. The second-order valence-electron chi connectivity index (χ2n) is 2.19. The van der Waals surface area contributed by atoms with Crippen LogP contribution in [0.25, 0.3) is 0 Å². The summed E-state index contributed by atoms with van der Waals surface area (Å²) >= 11 is 0. The Morgan fingerprint density at radius 3 is 2.75 bits per heavy atom. The normalized spacial score (nSPS) is 11.5. The Morgan fingerprint density at radius 2 is 2.25 bits per heavy atom. The summed E-state index contributed by atoms with van der Waals surface area (Å²) in [5.74, 6) is 0. The van der Waals surface area contributed by atoms with Crippen molar-refractivity contribution in [1.29, 1.82) is 5.26 Å². The van der Waals surface area contributed by atoms with Gasteiger partial charge in [0.05, 0.1) is 6.07 Å². The first-order chi connectivity index (χ1) is 5.85. The molecule has 0 amide bonds. The highest BCUT2D eigenvalue weighted by Crippen LogP contribution is 1.97. The first-order valence-electron chi connectivity index (χ1n) is 3.83. The van der Waals surface area contributed by atoms with Crippen molar-refractivity contribution < 1.29 is 5.11 Å². The van der Waals surface area contributed by atoms with E-state index in [0.717, 1.165) is 6.42 Å². The zero-order valence-electron chi connectivity index (χ0n) is 7.03. The fourth-order valence-electron chi connectivity index (χ4n) is 0.658. The summed E-state index contributed by atoms with van der Waals surface area (Å²) in [5.41, 5.74) is 0.587. The van der Waals surface area contributed by atoms with Crippen LogP contribution >= 0.6 is 0 Å². The Balaban J connectivity index is 3.73. The van der Waals surface area contributed by atoms with Gasteiger partial charge in [-0.05, 0) is 12.8 Å². The second kappa shape index (κ2) is 7.77. The zero-order chi connectivity index (χ0) is 9.23. The maximum Gasteiger partial charge on any atom is 0.0988 e. The predicted octanol–water partition coefficient (Wildman–Crippen LogP) is 1.95. The Morgan fingerprint density at radius 1 is 1.50 bits per heavy atom. The van der Waals surface area contributed by atoms with Crippen LogP contribution in [0.15, 0.2) is 36.5 Å². The number of aliphatic hydroxyl groups excluding tert-OH is 1. The van der Waals surface area contributed by atoms with Crippen LogP contribution in [0.2, 0.25) is 0 Å². The highest BCUT2D eigenvalue weighted by molar-refractivity contribution is 5.31. The van der Waals surface area contributed by atoms with Crippen LogP contribution in [0.3, 0.4) is 0 Å². The van der Waals surface area contributed by atoms with Gasteiger partial charge in [0, 0.05) is 12.2 Å². The SMILES string of the molecule is C=C/C(C#N)=C\CC=CCCO. The zero-order valence-corrected chi connectivity index (χ0v) is 7.03. The maximum absolute atomic E-state index is 8.48. The molecule has 0 rings (SSSR count). The third-order valence-corrected chi connectivity index (χ3v) is 1.29. The molecule has 1 N–H and O–H groups in total. The van der Waals surface area contributed by atoms with E-state index in [1.165, 1.54) is 6.08 Å². The molecule has 0 saturated heterocycles. The van der Waals surface area contributed by atoms with Gasteiger partial charge < -0.3 is 5.11 Å². The third kappa shape index (κ3) is 5.45. The number of nitriles is 1. The van der Waals surface area contributed by atoms with Crippen molar-refractivity contribution in [2.45, 2.75) is 12.8 Å². The van der Waals surface area contributed by atoms with Crippen LogP contribution in [-0.2, 0) is 0 Å². The summed E-state index contributed by atoms with van der Waals surface area (Å²) in [4.78, 5) is 0. The van der Waals surface area contributed by atoms with Crippen molar-refractivity contribution in [2.75, 3.05) is 6.61 Å². The fourth-order valence-corrected chi connectivity index (χ4v) is 0.658. The monoisotopic (exact) mass is 163 g/mol. The lowest BCUT2D eigenvalue weighted by Gasteiger charge is -1.85. The molecule has 0 saturated carbocycles. The van der Waals surface area contributed by atoms with Gasteiger partial charge >= 0.3 is 0 Å². The van der Waals surface area contributed by atoms with E-state index >= 15 is 0 Å². The molecule has 0 aromatic rings. The van der Waals surface area contributed by atoms with Crippen LogP contribution in [0.5, 0.6) is 0 Å². The van der Waals surface area contributed by atoms with Crippen LogP contribution in [0.4, 0.5) is 0 Å². The second-order valence-corrected chi connectivity index (χ2v) is 2.19. The minimum atomic E-state index is 0.173. The van der Waals surface area contributed by atoms with E-state index in [2.05, 4.69) is 6.58 Å². The van der Waals surface area contributed by atoms with Gasteiger partial charge in [-0.3, -0.25) is 0 Å². The highest BCUT2D eigenvalue weighted by atomic mass is 16.2. The molecule has 0 aromatic heterocycles. The molecular weight excluding hydrogens is 150 g/mol. The van der Waals surface area contributed by atoms with E-state index in [9.17, 15) is 0 Å². The van der Waals surface area contributed by atoms with Crippen LogP contribution in [0.1, 0.15) is 12.8 Å². The summed E-state index contributed by atoms with van der Waals surface area (Å²) in [7, 11) is 0. The Kier molecular flexibility index (Phi) is 6.91. The lowest BCUT2D eigenvalue weighted by molar-refractivity contribution is 0.302. The van der Waals surface area contributed by atoms with E-state index in [4.69, 9.17) is 10.4 Å². The van der Waals surface area contributed by atoms with E-state index in [-0.39, 0.29) is 6.61 Å². The lowest BCUT2D eigenvalue weighted by Crippen LogP contribution is -1.75. The van der Waals surface area contributed by atoms with Gasteiger partial charge in [0.2, 0.25) is 0 Å². The number of hydrogen-bond acceptors (Lipinski definition) is 2. The first-order valence-corrected chi connectivity index (χ1v) is 3.83. The van der Waals surface area contributed by atoms with Crippen molar-refractivity contribution in [1.82, 2.24) is 0 Å². The van der Waals surface area contributed by atoms with Gasteiger partial charge in [-0.1, -0.05) is 30.9 Å². The van der Waals surface area contributed by atoms with E-state index in [1.54, 1.807) is 6.08 Å². The van der Waals surface area contributed by atoms with Gasteiger partial charge in [0.15, 0.2) is 0 Å². The molecule has 12 heavy (non-hydrogen) atoms. The van der Waals surface area contributed by atoms with Crippen LogP contribution in [0, 0.1) is 11.3 Å². The predicted molar refractivity (Wildman–Crippen MR) is 49.4 cm³/mol. The number of aliphatic hydroxyl groups is 1. The highest BCUT2D eigenvalue weighted by Gasteiger charge is 1.83. The Labute approximate surface area is 73.1 Å². The molecule has 2 heteroatoms. The summed E-state index contributed by atoms with van der Waals surface area (Å²) in [6.45, 7) is 3.67. The topological polar surface area (TPSA) is 44.0 Å². The minimum Gasteiger partial charge on any atom is -0.396 e. The molecule has 0 aliphatic rings. The van der Waals surface area contributed by atoms with Crippen LogP contribution < -0.4 is 0 Å². The molecule has 0 bridgehead atoms. The molecule has 0 heterocycles. The molecule has 2 nitrogen and oxygen atoms in total. The van der Waals surface area contributed by atoms with E-state index in [0.29, 0.717) is 12.0 Å². The van der Waals surface area contributed by atoms with Gasteiger partial charge in [0.1, 0.15) is 0 Å². The number of rotatable bonds is 5. The molecule has 0 fully saturated rings. The summed E-state index contributed by atoms with van der Waals surface area (Å²) in [6.07, 6.45) is 8.51. The molecular formula is C10H13NO. The molecule has 0 spiro atoms. The quantitative estimate of drug-likeness (QED) is 0.382. The van der Waals surface area contributed by atoms with Gasteiger partial charge in [0.25, 0.3) is 0 Å². The van der Waals surface area contributed by atoms with E-state index in [1.807, 2.05) is 18.2 Å². The molecule has 0 aliphatic carbocycles. The first kappa shape index (κ1) is 10.7. The van der Waals surface area contributed by atoms with Crippen LogP contribution in [-0.4, -0.2) is 11.7 Å². The number of allylic oxidation sites excluding steroid dienone is 4. The molecule has 0 atom stereocenters. The smallest absolute Gasteiger partial charge is 0.0988 e. The van der Waals surface area contributed by atoms with Crippen molar-refractivity contribution in [3.63, 3.8) is 0 Å². The van der Waals surface area contributed by atoms with Crippen molar-refractivity contribution in [3.8, 4) is 6.07 Å². The summed E-state index contributed by atoms with van der Waals surface area (Å²) in [6, 6.07) is 2.00. The lowest BCUT2D eigenvalue weighted by atomic mass is 10.2. The third-order valence-electron chi connectivity index (χ3n) is 1.29. The van der Waals surface area contributed by atoms with Gasteiger partial charge in [-0.2, -0.15) is 5.26 Å². The largest absolute Gasteiger partial charge is 0.396 e. The van der Waals surface area contributed by atoms with Gasteiger partial charge in [-0.15, -0.1) is 0 Å². The number of hydrogen-bond donors (Lipinski definition) is 1. The molecule has 64 valence electrons. The van der Waals surface area contributed by atoms with Crippen molar-refractivity contribution >= 4 is 0 Å². The summed E-state index contributed by atoms with van der Waals surface area (Å²) in [5, 5.41) is 16.9. The standard InChI is InChI=1S/C10H13NO/c1-2-10(9-11)7-5-3-4-6-8-12/h2-4,7,12H,1,5-6,8H2/b4-3?,10-7+. The van der Waals surface area contributed by atoms with Crippen molar-refractivity contribution in [3.05, 3.63) is 36.5 Å². The molecule has 0 aromatic carbocycles.